The first-order valence-corrected chi connectivity index (χ1v) is 11.4. The van der Waals surface area contributed by atoms with Gasteiger partial charge in [0, 0.05) is 48.5 Å². The van der Waals surface area contributed by atoms with Gasteiger partial charge in [0.1, 0.15) is 0 Å². The average molecular weight is 417 g/mol. The van der Waals surface area contributed by atoms with Crippen LogP contribution in [0.2, 0.25) is 0 Å². The zero-order valence-electron chi connectivity index (χ0n) is 18.3. The maximum Gasteiger partial charge on any atom is 0.251 e. The highest BCUT2D eigenvalue weighted by Gasteiger charge is 2.20. The molecule has 0 unspecified atom stereocenters. The van der Waals surface area contributed by atoms with Gasteiger partial charge in [-0.2, -0.15) is 0 Å². The molecule has 2 aromatic carbocycles. The summed E-state index contributed by atoms with van der Waals surface area (Å²) in [6, 6.07) is 18.3. The molecule has 0 bridgehead atoms. The maximum atomic E-state index is 12.7. The molecule has 2 N–H and O–H groups in total. The Bertz CT molecular complexity index is 988. The van der Waals surface area contributed by atoms with Gasteiger partial charge in [-0.05, 0) is 67.8 Å². The number of nitrogens with one attached hydrogen (secondary N) is 2. The van der Waals surface area contributed by atoms with Gasteiger partial charge in [0.05, 0.1) is 5.52 Å². The van der Waals surface area contributed by atoms with Crippen LogP contribution in [0.5, 0.6) is 0 Å². The number of para-hydroxylation sites is 1. The lowest BCUT2D eigenvalue weighted by Crippen LogP contribution is -2.44. The number of anilines is 1. The molecular formula is C26H32N4O. The van der Waals surface area contributed by atoms with Crippen molar-refractivity contribution in [2.75, 3.05) is 25.0 Å². The van der Waals surface area contributed by atoms with Crippen LogP contribution in [0.15, 0.2) is 60.8 Å². The van der Waals surface area contributed by atoms with Gasteiger partial charge >= 0.3 is 0 Å². The lowest BCUT2D eigenvalue weighted by molar-refractivity contribution is 0.0911. The Morgan fingerprint density at radius 1 is 1.06 bits per heavy atom. The monoisotopic (exact) mass is 416 g/mol. The minimum Gasteiger partial charge on any atom is -0.381 e. The van der Waals surface area contributed by atoms with Crippen LogP contribution in [0.3, 0.4) is 0 Å². The van der Waals surface area contributed by atoms with Crippen molar-refractivity contribution in [3.8, 4) is 0 Å². The second-order valence-electron chi connectivity index (χ2n) is 8.36. The molecule has 0 spiro atoms. The number of rotatable bonds is 8. The van der Waals surface area contributed by atoms with E-state index in [0.717, 1.165) is 42.5 Å². The Morgan fingerprint density at radius 3 is 2.61 bits per heavy atom. The van der Waals surface area contributed by atoms with Crippen LogP contribution < -0.4 is 10.6 Å². The molecule has 0 atom stereocenters. The molecule has 4 rings (SSSR count). The Labute approximate surface area is 184 Å². The fourth-order valence-electron chi connectivity index (χ4n) is 4.20. The van der Waals surface area contributed by atoms with Gasteiger partial charge in [-0.1, -0.05) is 31.5 Å². The zero-order chi connectivity index (χ0) is 21.5. The van der Waals surface area contributed by atoms with Gasteiger partial charge in [-0.3, -0.25) is 9.78 Å². The highest BCUT2D eigenvalue weighted by molar-refractivity contribution is 5.94. The number of unbranched alkanes of at least 4 members (excludes halogenated alkanes) is 1. The van der Waals surface area contributed by atoms with Crippen molar-refractivity contribution in [2.45, 2.75) is 45.2 Å². The molecule has 162 valence electrons. The van der Waals surface area contributed by atoms with E-state index in [1.165, 1.54) is 24.9 Å². The van der Waals surface area contributed by atoms with E-state index in [9.17, 15) is 4.79 Å². The first-order valence-electron chi connectivity index (χ1n) is 11.4. The summed E-state index contributed by atoms with van der Waals surface area (Å²) >= 11 is 0. The summed E-state index contributed by atoms with van der Waals surface area (Å²) in [6.07, 6.45) is 6.42. The second kappa shape index (κ2) is 10.4. The largest absolute Gasteiger partial charge is 0.381 e. The molecule has 1 aliphatic rings. The third kappa shape index (κ3) is 5.61. The fraction of sp³-hybridized carbons (Fsp3) is 0.385. The number of hydrogen-bond acceptors (Lipinski definition) is 4. The number of carbonyl (C=O) groups excluding carboxylic acids is 1. The van der Waals surface area contributed by atoms with Gasteiger partial charge in [-0.15, -0.1) is 0 Å². The van der Waals surface area contributed by atoms with E-state index in [0.29, 0.717) is 12.1 Å². The molecule has 1 fully saturated rings. The van der Waals surface area contributed by atoms with Crippen molar-refractivity contribution in [1.29, 1.82) is 0 Å². The Morgan fingerprint density at radius 2 is 1.84 bits per heavy atom. The van der Waals surface area contributed by atoms with Gasteiger partial charge < -0.3 is 15.5 Å². The lowest BCUT2D eigenvalue weighted by Gasteiger charge is -2.32. The number of pyridine rings is 1. The number of hydrogen-bond donors (Lipinski definition) is 2. The van der Waals surface area contributed by atoms with Crippen molar-refractivity contribution >= 4 is 22.5 Å². The van der Waals surface area contributed by atoms with E-state index in [-0.39, 0.29) is 11.9 Å². The summed E-state index contributed by atoms with van der Waals surface area (Å²) in [5.41, 5.74) is 3.93. The third-order valence-corrected chi connectivity index (χ3v) is 6.12. The van der Waals surface area contributed by atoms with Gasteiger partial charge in [0.25, 0.3) is 5.91 Å². The van der Waals surface area contributed by atoms with Crippen LogP contribution in [0.25, 0.3) is 10.9 Å². The SMILES string of the molecule is CCCCN1CCC(NC(=O)c2ccc(NCc3ccnc4ccccc34)cc2)CC1. The number of aromatic nitrogens is 1. The minimum atomic E-state index is 0.0266. The number of amides is 1. The Hall–Kier alpha value is -2.92. The quantitative estimate of drug-likeness (QED) is 0.552. The molecule has 1 amide bonds. The van der Waals surface area contributed by atoms with Crippen LogP contribution in [0.1, 0.15) is 48.5 Å². The van der Waals surface area contributed by atoms with E-state index >= 15 is 0 Å². The number of carbonyl (C=O) groups is 1. The third-order valence-electron chi connectivity index (χ3n) is 6.12. The Balaban J connectivity index is 1.28. The molecule has 31 heavy (non-hydrogen) atoms. The van der Waals surface area contributed by atoms with Crippen molar-refractivity contribution in [2.24, 2.45) is 0 Å². The van der Waals surface area contributed by atoms with E-state index < -0.39 is 0 Å². The Kier molecular flexibility index (Phi) is 7.15. The number of benzene rings is 2. The van der Waals surface area contributed by atoms with Gasteiger partial charge in [0.2, 0.25) is 0 Å². The average Bonchev–Trinajstić information content (AvgIpc) is 2.82. The molecule has 0 saturated carbocycles. The van der Waals surface area contributed by atoms with E-state index in [4.69, 9.17) is 0 Å². The molecule has 1 aliphatic heterocycles. The fourth-order valence-corrected chi connectivity index (χ4v) is 4.20. The highest BCUT2D eigenvalue weighted by atomic mass is 16.1. The number of fused-ring (bicyclic) bond motifs is 1. The predicted molar refractivity (Wildman–Crippen MR) is 127 cm³/mol. The standard InChI is InChI=1S/C26H32N4O/c1-2-3-16-30-17-13-23(14-18-30)29-26(31)20-8-10-22(11-9-20)28-19-21-12-15-27-25-7-5-4-6-24(21)25/h4-12,15,23,28H,2-3,13-14,16-19H2,1H3,(H,29,31). The summed E-state index contributed by atoms with van der Waals surface area (Å²) in [5, 5.41) is 7.83. The first kappa shape index (κ1) is 21.3. The molecule has 5 nitrogen and oxygen atoms in total. The smallest absolute Gasteiger partial charge is 0.251 e. The zero-order valence-corrected chi connectivity index (χ0v) is 18.3. The van der Waals surface area contributed by atoms with E-state index in [1.807, 2.05) is 54.7 Å². The topological polar surface area (TPSA) is 57.3 Å². The number of piperidine rings is 1. The van der Waals surface area contributed by atoms with E-state index in [1.54, 1.807) is 0 Å². The molecular weight excluding hydrogens is 384 g/mol. The summed E-state index contributed by atoms with van der Waals surface area (Å²) < 4.78 is 0. The highest BCUT2D eigenvalue weighted by Crippen LogP contribution is 2.18. The molecule has 1 aromatic heterocycles. The van der Waals surface area contributed by atoms with Crippen LogP contribution >= 0.6 is 0 Å². The summed E-state index contributed by atoms with van der Waals surface area (Å²) in [5.74, 6) is 0.0266. The van der Waals surface area contributed by atoms with Crippen molar-refractivity contribution in [3.63, 3.8) is 0 Å². The molecule has 5 heteroatoms. The number of nitrogens with zero attached hydrogens (tertiary/aromatic N) is 2. The van der Waals surface area contributed by atoms with Crippen molar-refractivity contribution in [1.82, 2.24) is 15.2 Å². The van der Waals surface area contributed by atoms with Crippen LogP contribution in [-0.2, 0) is 6.54 Å². The molecule has 1 saturated heterocycles. The van der Waals surface area contributed by atoms with Gasteiger partial charge in [-0.25, -0.2) is 0 Å². The predicted octanol–water partition coefficient (Wildman–Crippen LogP) is 4.84. The van der Waals surface area contributed by atoms with Crippen LogP contribution in [0.4, 0.5) is 5.69 Å². The number of likely N-dealkylation sites (tertiary alicyclic amines) is 1. The maximum absolute atomic E-state index is 12.7. The second-order valence-corrected chi connectivity index (χ2v) is 8.36. The lowest BCUT2D eigenvalue weighted by atomic mass is 10.0. The minimum absolute atomic E-state index is 0.0266. The summed E-state index contributed by atoms with van der Waals surface area (Å²) in [6.45, 7) is 6.29. The molecule has 0 aliphatic carbocycles. The van der Waals surface area contributed by atoms with Gasteiger partial charge in [0.15, 0.2) is 0 Å². The molecule has 3 aromatic rings. The van der Waals surface area contributed by atoms with E-state index in [2.05, 4.69) is 33.5 Å². The normalized spacial score (nSPS) is 15.1. The summed E-state index contributed by atoms with van der Waals surface area (Å²) in [7, 11) is 0. The molecule has 0 radical (unpaired) electrons. The molecule has 2 heterocycles. The summed E-state index contributed by atoms with van der Waals surface area (Å²) in [4.78, 5) is 19.6. The van der Waals surface area contributed by atoms with Crippen LogP contribution in [0, 0.1) is 0 Å². The first-order chi connectivity index (χ1) is 15.2. The van der Waals surface area contributed by atoms with Crippen molar-refractivity contribution in [3.05, 3.63) is 71.9 Å². The van der Waals surface area contributed by atoms with Crippen LogP contribution in [-0.4, -0.2) is 41.5 Å². The van der Waals surface area contributed by atoms with Crippen molar-refractivity contribution < 1.29 is 4.79 Å².